The van der Waals surface area contributed by atoms with Crippen LogP contribution in [0.15, 0.2) is 5.38 Å². The van der Waals surface area contributed by atoms with E-state index in [1.54, 1.807) is 5.38 Å². The van der Waals surface area contributed by atoms with Crippen molar-refractivity contribution >= 4 is 42.1 Å². The number of nitrogens with one attached hydrogen (secondary N) is 1. The number of carbonyl (C=O) groups is 1. The van der Waals surface area contributed by atoms with Crippen molar-refractivity contribution in [1.82, 2.24) is 15.2 Å². The molecule has 0 unspecified atom stereocenters. The molecule has 1 aromatic heterocycles. The minimum atomic E-state index is -0.143. The van der Waals surface area contributed by atoms with Crippen LogP contribution in [0.25, 0.3) is 0 Å². The Morgan fingerprint density at radius 2 is 2.05 bits per heavy atom. The van der Waals surface area contributed by atoms with Crippen molar-refractivity contribution in [2.45, 2.75) is 25.9 Å². The Morgan fingerprint density at radius 3 is 2.47 bits per heavy atom. The summed E-state index contributed by atoms with van der Waals surface area (Å²) in [5, 5.41) is 5.40. The molecule has 0 aliphatic carbocycles. The van der Waals surface area contributed by atoms with E-state index in [0.717, 1.165) is 5.01 Å². The highest BCUT2D eigenvalue weighted by Crippen LogP contribution is 2.10. The number of likely N-dealkylation sites (N-methyl/N-ethyl adjacent to an activating group) is 1. The van der Waals surface area contributed by atoms with E-state index in [0.29, 0.717) is 18.8 Å². The van der Waals surface area contributed by atoms with Crippen molar-refractivity contribution in [3.63, 3.8) is 0 Å². The number of nitrogens with two attached hydrogens (primary N) is 1. The van der Waals surface area contributed by atoms with Crippen molar-refractivity contribution in [3.8, 4) is 0 Å². The van der Waals surface area contributed by atoms with Crippen LogP contribution in [0.2, 0.25) is 0 Å². The van der Waals surface area contributed by atoms with E-state index < -0.39 is 0 Å². The Hall–Kier alpha value is -0.400. The van der Waals surface area contributed by atoms with Gasteiger partial charge in [-0.25, -0.2) is 4.98 Å². The molecule has 19 heavy (non-hydrogen) atoms. The molecule has 0 saturated heterocycles. The van der Waals surface area contributed by atoms with Crippen molar-refractivity contribution in [3.05, 3.63) is 16.1 Å². The SMILES string of the molecule is CN(C)C(C)(C)CNC(=O)c1csc(CN)n1.Cl.Cl. The summed E-state index contributed by atoms with van der Waals surface area (Å²) < 4.78 is 0. The Morgan fingerprint density at radius 1 is 1.47 bits per heavy atom. The molecule has 0 fully saturated rings. The number of amides is 1. The quantitative estimate of drug-likeness (QED) is 0.859. The molecule has 1 aromatic rings. The number of hydrogen-bond acceptors (Lipinski definition) is 5. The molecular weight excluding hydrogens is 307 g/mol. The van der Waals surface area contributed by atoms with Crippen molar-refractivity contribution in [2.75, 3.05) is 20.6 Å². The Balaban J connectivity index is 0. The summed E-state index contributed by atoms with van der Waals surface area (Å²) >= 11 is 1.41. The molecule has 0 aromatic carbocycles. The van der Waals surface area contributed by atoms with E-state index in [2.05, 4.69) is 29.0 Å². The van der Waals surface area contributed by atoms with Crippen molar-refractivity contribution in [1.29, 1.82) is 0 Å². The van der Waals surface area contributed by atoms with Gasteiger partial charge in [-0.15, -0.1) is 36.2 Å². The van der Waals surface area contributed by atoms with Crippen molar-refractivity contribution in [2.24, 2.45) is 5.73 Å². The normalized spacial score (nSPS) is 10.6. The number of nitrogens with zero attached hydrogens (tertiary/aromatic N) is 2. The second-order valence-electron chi connectivity index (χ2n) is 4.72. The van der Waals surface area contributed by atoms with Crippen LogP contribution in [0.4, 0.5) is 0 Å². The highest BCUT2D eigenvalue weighted by Gasteiger charge is 2.21. The van der Waals surface area contributed by atoms with Gasteiger partial charge in [0, 0.05) is 24.0 Å². The number of carbonyl (C=O) groups excluding carboxylic acids is 1. The molecule has 1 amide bonds. The monoisotopic (exact) mass is 328 g/mol. The van der Waals surface area contributed by atoms with Gasteiger partial charge in [-0.1, -0.05) is 0 Å². The third kappa shape index (κ3) is 6.05. The number of halogens is 2. The molecule has 0 aliphatic rings. The van der Waals surface area contributed by atoms with E-state index in [1.807, 2.05) is 14.1 Å². The standard InChI is InChI=1S/C11H20N4OS.2ClH/c1-11(2,15(3)4)7-13-10(16)8-6-17-9(5-12)14-8;;/h6H,5,7,12H2,1-4H3,(H,13,16);2*1H. The maximum absolute atomic E-state index is 11.8. The van der Waals surface area contributed by atoms with Gasteiger partial charge in [0.1, 0.15) is 10.7 Å². The topological polar surface area (TPSA) is 71.2 Å². The molecular formula is C11H22Cl2N4OS. The highest BCUT2D eigenvalue weighted by molar-refractivity contribution is 7.09. The van der Waals surface area contributed by atoms with Gasteiger partial charge in [-0.2, -0.15) is 0 Å². The predicted molar refractivity (Wildman–Crippen MR) is 84.6 cm³/mol. The van der Waals surface area contributed by atoms with Crippen LogP contribution >= 0.6 is 36.2 Å². The summed E-state index contributed by atoms with van der Waals surface area (Å²) in [5.41, 5.74) is 5.82. The second-order valence-corrected chi connectivity index (χ2v) is 5.66. The molecule has 3 N–H and O–H groups in total. The maximum atomic E-state index is 11.8. The largest absolute Gasteiger partial charge is 0.349 e. The average Bonchev–Trinajstić information content (AvgIpc) is 2.74. The molecule has 0 saturated carbocycles. The number of rotatable bonds is 5. The summed E-state index contributed by atoms with van der Waals surface area (Å²) in [7, 11) is 3.98. The fourth-order valence-electron chi connectivity index (χ4n) is 1.05. The number of hydrogen-bond donors (Lipinski definition) is 2. The third-order valence-corrected chi connectivity index (χ3v) is 3.72. The molecule has 0 atom stereocenters. The van der Waals surface area contributed by atoms with E-state index in [1.165, 1.54) is 11.3 Å². The molecule has 112 valence electrons. The first-order valence-electron chi connectivity index (χ1n) is 5.47. The van der Waals surface area contributed by atoms with Gasteiger partial charge in [0.15, 0.2) is 0 Å². The zero-order valence-corrected chi connectivity index (χ0v) is 14.0. The van der Waals surface area contributed by atoms with Gasteiger partial charge in [0.2, 0.25) is 0 Å². The molecule has 5 nitrogen and oxygen atoms in total. The van der Waals surface area contributed by atoms with Crippen molar-refractivity contribution < 1.29 is 4.79 Å². The molecule has 8 heteroatoms. The minimum Gasteiger partial charge on any atom is -0.349 e. The van der Waals surface area contributed by atoms with E-state index >= 15 is 0 Å². The molecule has 0 aliphatic heterocycles. The predicted octanol–water partition coefficient (Wildman–Crippen LogP) is 1.52. The first kappa shape index (κ1) is 20.9. The van der Waals surface area contributed by atoms with Crippen LogP contribution in [0.1, 0.15) is 29.3 Å². The molecule has 0 bridgehead atoms. The van der Waals surface area contributed by atoms with Gasteiger partial charge >= 0.3 is 0 Å². The summed E-state index contributed by atoms with van der Waals surface area (Å²) in [4.78, 5) is 18.0. The van der Waals surface area contributed by atoms with Crippen LogP contribution in [0, 0.1) is 0 Å². The summed E-state index contributed by atoms with van der Waals surface area (Å²) in [5.74, 6) is -0.143. The first-order chi connectivity index (χ1) is 7.86. The van der Waals surface area contributed by atoms with E-state index in [4.69, 9.17) is 5.73 Å². The summed E-state index contributed by atoms with van der Waals surface area (Å²) in [6.45, 7) is 5.09. The maximum Gasteiger partial charge on any atom is 0.270 e. The van der Waals surface area contributed by atoms with E-state index in [9.17, 15) is 4.79 Å². The average molecular weight is 329 g/mol. The molecule has 1 heterocycles. The van der Waals surface area contributed by atoms with Gasteiger partial charge < -0.3 is 16.0 Å². The van der Waals surface area contributed by atoms with E-state index in [-0.39, 0.29) is 36.3 Å². The first-order valence-corrected chi connectivity index (χ1v) is 6.35. The summed E-state index contributed by atoms with van der Waals surface area (Å²) in [6, 6.07) is 0. The minimum absolute atomic E-state index is 0. The zero-order valence-electron chi connectivity index (χ0n) is 11.6. The van der Waals surface area contributed by atoms with Gasteiger partial charge in [0.25, 0.3) is 5.91 Å². The summed E-state index contributed by atoms with van der Waals surface area (Å²) in [6.07, 6.45) is 0. The van der Waals surface area contributed by atoms with Gasteiger partial charge in [-0.3, -0.25) is 4.79 Å². The second kappa shape index (κ2) is 8.71. The lowest BCUT2D eigenvalue weighted by molar-refractivity contribution is 0.0915. The lowest BCUT2D eigenvalue weighted by Crippen LogP contribution is -2.48. The Labute approximate surface area is 130 Å². The Kier molecular flexibility index (Phi) is 9.58. The number of aromatic nitrogens is 1. The molecule has 0 radical (unpaired) electrons. The van der Waals surface area contributed by atoms with Crippen LogP contribution in [-0.2, 0) is 6.54 Å². The number of thiazole rings is 1. The smallest absolute Gasteiger partial charge is 0.270 e. The lowest BCUT2D eigenvalue weighted by Gasteiger charge is -2.32. The van der Waals surface area contributed by atoms with Gasteiger partial charge in [0.05, 0.1) is 0 Å². The Bertz CT molecular complexity index is 396. The molecule has 1 rings (SSSR count). The van der Waals surface area contributed by atoms with Crippen LogP contribution in [0.5, 0.6) is 0 Å². The fraction of sp³-hybridized carbons (Fsp3) is 0.636. The fourth-order valence-corrected chi connectivity index (χ4v) is 1.71. The van der Waals surface area contributed by atoms with Gasteiger partial charge in [-0.05, 0) is 27.9 Å². The van der Waals surface area contributed by atoms with Crippen LogP contribution in [-0.4, -0.2) is 42.0 Å². The highest BCUT2D eigenvalue weighted by atomic mass is 35.5. The third-order valence-electron chi connectivity index (χ3n) is 2.85. The van der Waals surface area contributed by atoms with Crippen LogP contribution in [0.3, 0.4) is 0 Å². The van der Waals surface area contributed by atoms with Crippen LogP contribution < -0.4 is 11.1 Å². The lowest BCUT2D eigenvalue weighted by atomic mass is 10.0. The zero-order chi connectivity index (χ0) is 13.1. The molecule has 0 spiro atoms.